The summed E-state index contributed by atoms with van der Waals surface area (Å²) in [4.78, 5) is 14.7. The summed E-state index contributed by atoms with van der Waals surface area (Å²) in [5, 5.41) is 3.07. The molecule has 2 aromatic rings. The Bertz CT molecular complexity index is 790. The zero-order valence-electron chi connectivity index (χ0n) is 16.9. The molecule has 3 atom stereocenters. The second-order valence-corrected chi connectivity index (χ2v) is 7.51. The third-order valence-electron chi connectivity index (χ3n) is 5.43. The highest BCUT2D eigenvalue weighted by molar-refractivity contribution is 5.85. The molecule has 1 heterocycles. The number of benzene rings is 2. The van der Waals surface area contributed by atoms with E-state index in [2.05, 4.69) is 5.32 Å². The first-order valence-corrected chi connectivity index (χ1v) is 9.72. The van der Waals surface area contributed by atoms with Crippen LogP contribution in [0.3, 0.4) is 0 Å². The maximum Gasteiger partial charge on any atom is 0.225 e. The van der Waals surface area contributed by atoms with Gasteiger partial charge in [-0.05, 0) is 37.1 Å². The zero-order valence-corrected chi connectivity index (χ0v) is 18.5. The van der Waals surface area contributed by atoms with E-state index in [1.54, 1.807) is 0 Å². The van der Waals surface area contributed by atoms with Crippen LogP contribution in [-0.2, 0) is 11.3 Å². The highest BCUT2D eigenvalue weighted by Gasteiger charge is 2.27. The number of nitrogens with zero attached hydrogens (tertiary/aromatic N) is 1. The summed E-state index contributed by atoms with van der Waals surface area (Å²) in [6, 6.07) is 13.0. The lowest BCUT2D eigenvalue weighted by molar-refractivity contribution is -0.126. The lowest BCUT2D eigenvalue weighted by Crippen LogP contribution is -2.49. The number of carbonyl (C=O) groups excluding carboxylic acids is 1. The number of hydrogen-bond donors (Lipinski definition) is 2. The first-order valence-electron chi connectivity index (χ1n) is 9.72. The van der Waals surface area contributed by atoms with E-state index in [0.717, 1.165) is 24.9 Å². The SMILES string of the molecule is CC(C(=O)NC1CCCN(Cc2c(F)cccc2F)C1)C(N)c1ccccc1.Cl.Cl. The summed E-state index contributed by atoms with van der Waals surface area (Å²) in [6.45, 7) is 3.33. The van der Waals surface area contributed by atoms with Gasteiger partial charge in [-0.3, -0.25) is 9.69 Å². The molecule has 1 fully saturated rings. The van der Waals surface area contributed by atoms with E-state index < -0.39 is 11.6 Å². The molecular formula is C22H29Cl2F2N3O. The molecule has 3 N–H and O–H groups in total. The van der Waals surface area contributed by atoms with Gasteiger partial charge in [-0.25, -0.2) is 8.78 Å². The molecule has 1 amide bonds. The van der Waals surface area contributed by atoms with Crippen molar-refractivity contribution in [2.75, 3.05) is 13.1 Å². The van der Waals surface area contributed by atoms with Gasteiger partial charge in [0.15, 0.2) is 0 Å². The Kier molecular flexibility index (Phi) is 10.7. The molecule has 1 saturated heterocycles. The van der Waals surface area contributed by atoms with Crippen molar-refractivity contribution in [3.05, 3.63) is 71.3 Å². The van der Waals surface area contributed by atoms with Crippen molar-refractivity contribution < 1.29 is 13.6 Å². The van der Waals surface area contributed by atoms with Gasteiger partial charge in [-0.1, -0.05) is 43.3 Å². The van der Waals surface area contributed by atoms with Crippen molar-refractivity contribution in [2.24, 2.45) is 11.7 Å². The minimum Gasteiger partial charge on any atom is -0.352 e. The summed E-state index contributed by atoms with van der Waals surface area (Å²) >= 11 is 0. The Hall–Kier alpha value is -1.73. The van der Waals surface area contributed by atoms with Gasteiger partial charge < -0.3 is 11.1 Å². The molecule has 1 aliphatic rings. The molecule has 166 valence electrons. The molecular weight excluding hydrogens is 431 g/mol. The van der Waals surface area contributed by atoms with Crippen LogP contribution in [0.15, 0.2) is 48.5 Å². The first kappa shape index (κ1) is 26.3. The average Bonchev–Trinajstić information content (AvgIpc) is 2.70. The molecule has 0 saturated carbocycles. The second kappa shape index (κ2) is 12.2. The third-order valence-corrected chi connectivity index (χ3v) is 5.43. The van der Waals surface area contributed by atoms with E-state index >= 15 is 0 Å². The number of rotatable bonds is 6. The van der Waals surface area contributed by atoms with Crippen LogP contribution in [0.25, 0.3) is 0 Å². The number of nitrogens with one attached hydrogen (secondary N) is 1. The van der Waals surface area contributed by atoms with Crippen molar-refractivity contribution in [3.8, 4) is 0 Å². The molecule has 3 unspecified atom stereocenters. The van der Waals surface area contributed by atoms with Crippen molar-refractivity contribution in [1.29, 1.82) is 0 Å². The maximum atomic E-state index is 13.9. The van der Waals surface area contributed by atoms with E-state index in [-0.39, 0.29) is 60.8 Å². The smallest absolute Gasteiger partial charge is 0.225 e. The standard InChI is InChI=1S/C22H27F2N3O.2ClH/c1-15(21(25)16-7-3-2-4-8-16)22(28)26-17-9-6-12-27(13-17)14-18-19(23)10-5-11-20(18)24;;/h2-5,7-8,10-11,15,17,21H,6,9,12-14,25H2,1H3,(H,26,28);2*1H. The van der Waals surface area contributed by atoms with E-state index in [0.29, 0.717) is 6.54 Å². The largest absolute Gasteiger partial charge is 0.352 e. The summed E-state index contributed by atoms with van der Waals surface area (Å²) in [5.41, 5.74) is 7.25. The van der Waals surface area contributed by atoms with Gasteiger partial charge in [-0.2, -0.15) is 0 Å². The number of nitrogens with two attached hydrogens (primary N) is 1. The molecule has 0 aliphatic carbocycles. The number of piperidine rings is 1. The molecule has 1 aliphatic heterocycles. The molecule has 3 rings (SSSR count). The lowest BCUT2D eigenvalue weighted by Gasteiger charge is -2.34. The fraction of sp³-hybridized carbons (Fsp3) is 0.409. The van der Waals surface area contributed by atoms with Crippen molar-refractivity contribution >= 4 is 30.7 Å². The van der Waals surface area contributed by atoms with Gasteiger partial charge in [0.2, 0.25) is 5.91 Å². The highest BCUT2D eigenvalue weighted by atomic mass is 35.5. The number of carbonyl (C=O) groups is 1. The summed E-state index contributed by atoms with van der Waals surface area (Å²) in [6.07, 6.45) is 1.70. The van der Waals surface area contributed by atoms with E-state index in [1.165, 1.54) is 18.2 Å². The number of hydrogen-bond acceptors (Lipinski definition) is 3. The number of likely N-dealkylation sites (tertiary alicyclic amines) is 1. The minimum atomic E-state index is -0.534. The van der Waals surface area contributed by atoms with Crippen LogP contribution in [0.5, 0.6) is 0 Å². The van der Waals surface area contributed by atoms with Crippen LogP contribution < -0.4 is 11.1 Å². The maximum absolute atomic E-state index is 13.9. The molecule has 0 spiro atoms. The molecule has 0 aromatic heterocycles. The summed E-state index contributed by atoms with van der Waals surface area (Å²) in [7, 11) is 0. The van der Waals surface area contributed by atoms with Gasteiger partial charge in [-0.15, -0.1) is 24.8 Å². The number of amides is 1. The van der Waals surface area contributed by atoms with Crippen LogP contribution in [0.4, 0.5) is 8.78 Å². The first-order chi connectivity index (χ1) is 13.5. The number of halogens is 4. The van der Waals surface area contributed by atoms with Crippen LogP contribution in [-0.4, -0.2) is 29.9 Å². The molecule has 4 nitrogen and oxygen atoms in total. The molecule has 0 bridgehead atoms. The van der Waals surface area contributed by atoms with E-state index in [1.807, 2.05) is 42.2 Å². The quantitative estimate of drug-likeness (QED) is 0.679. The van der Waals surface area contributed by atoms with Gasteiger partial charge in [0.25, 0.3) is 0 Å². The fourth-order valence-corrected chi connectivity index (χ4v) is 3.68. The summed E-state index contributed by atoms with van der Waals surface area (Å²) in [5.74, 6) is -1.54. The van der Waals surface area contributed by atoms with Gasteiger partial charge in [0.05, 0.1) is 5.92 Å². The predicted octanol–water partition coefficient (Wildman–Crippen LogP) is 4.23. The molecule has 30 heavy (non-hydrogen) atoms. The van der Waals surface area contributed by atoms with E-state index in [4.69, 9.17) is 5.73 Å². The Morgan fingerprint density at radius 2 is 1.77 bits per heavy atom. The average molecular weight is 460 g/mol. The van der Waals surface area contributed by atoms with Crippen LogP contribution in [0.1, 0.15) is 36.9 Å². The molecule has 2 aromatic carbocycles. The van der Waals surface area contributed by atoms with Crippen LogP contribution in [0.2, 0.25) is 0 Å². The van der Waals surface area contributed by atoms with Crippen LogP contribution in [0, 0.1) is 17.6 Å². The van der Waals surface area contributed by atoms with Gasteiger partial charge in [0.1, 0.15) is 11.6 Å². The predicted molar refractivity (Wildman–Crippen MR) is 120 cm³/mol. The third kappa shape index (κ3) is 6.64. The highest BCUT2D eigenvalue weighted by Crippen LogP contribution is 2.21. The molecule has 8 heteroatoms. The lowest BCUT2D eigenvalue weighted by atomic mass is 9.94. The van der Waals surface area contributed by atoms with Crippen molar-refractivity contribution in [2.45, 2.75) is 38.4 Å². The minimum absolute atomic E-state index is 0. The van der Waals surface area contributed by atoms with Crippen LogP contribution >= 0.6 is 24.8 Å². The van der Waals surface area contributed by atoms with Crippen molar-refractivity contribution in [1.82, 2.24) is 10.2 Å². The zero-order chi connectivity index (χ0) is 20.1. The Morgan fingerprint density at radius 1 is 1.13 bits per heavy atom. The Balaban J connectivity index is 0.00000225. The Labute approximate surface area is 189 Å². The van der Waals surface area contributed by atoms with E-state index in [9.17, 15) is 13.6 Å². The second-order valence-electron chi connectivity index (χ2n) is 7.51. The molecule has 0 radical (unpaired) electrons. The van der Waals surface area contributed by atoms with Gasteiger partial charge in [0, 0.05) is 30.7 Å². The van der Waals surface area contributed by atoms with Gasteiger partial charge >= 0.3 is 0 Å². The monoisotopic (exact) mass is 459 g/mol. The topological polar surface area (TPSA) is 58.4 Å². The normalized spacial score (nSPS) is 18.5. The summed E-state index contributed by atoms with van der Waals surface area (Å²) < 4.78 is 27.8. The van der Waals surface area contributed by atoms with Crippen molar-refractivity contribution in [3.63, 3.8) is 0 Å². The Morgan fingerprint density at radius 3 is 2.40 bits per heavy atom. The fourth-order valence-electron chi connectivity index (χ4n) is 3.68.